The van der Waals surface area contributed by atoms with E-state index in [4.69, 9.17) is 4.74 Å². The lowest BCUT2D eigenvalue weighted by Crippen LogP contribution is -2.02. The molecule has 4 rings (SSSR count). The summed E-state index contributed by atoms with van der Waals surface area (Å²) < 4.78 is 7.26. The molecular formula is C20H14N4O2. The predicted octanol–water partition coefficient (Wildman–Crippen LogP) is 3.69. The van der Waals surface area contributed by atoms with Gasteiger partial charge in [-0.25, -0.2) is 0 Å². The summed E-state index contributed by atoms with van der Waals surface area (Å²) in [6.45, 7) is 0. The molecule has 0 fully saturated rings. The second kappa shape index (κ2) is 6.98. The number of aromatic nitrogens is 4. The first kappa shape index (κ1) is 15.7. The van der Waals surface area contributed by atoms with Gasteiger partial charge in [0, 0.05) is 11.1 Å². The number of hydrogen-bond acceptors (Lipinski definition) is 5. The zero-order chi connectivity index (χ0) is 17.8. The highest BCUT2D eigenvalue weighted by atomic mass is 16.5. The summed E-state index contributed by atoms with van der Waals surface area (Å²) >= 11 is 0. The number of nitrogens with zero attached hydrogens (tertiary/aromatic N) is 4. The van der Waals surface area contributed by atoms with Crippen molar-refractivity contribution >= 4 is 5.78 Å². The average molecular weight is 342 g/mol. The van der Waals surface area contributed by atoms with Gasteiger partial charge < -0.3 is 4.74 Å². The predicted molar refractivity (Wildman–Crippen MR) is 95.5 cm³/mol. The summed E-state index contributed by atoms with van der Waals surface area (Å²) in [6.07, 6.45) is 0. The van der Waals surface area contributed by atoms with Crippen LogP contribution in [-0.2, 0) is 0 Å². The van der Waals surface area contributed by atoms with Gasteiger partial charge >= 0.3 is 6.01 Å². The molecule has 1 heterocycles. The van der Waals surface area contributed by atoms with Gasteiger partial charge in [0.2, 0.25) is 0 Å². The van der Waals surface area contributed by atoms with Crippen molar-refractivity contribution in [2.45, 2.75) is 0 Å². The Balaban J connectivity index is 1.54. The van der Waals surface area contributed by atoms with Crippen LogP contribution in [0, 0.1) is 0 Å². The van der Waals surface area contributed by atoms with E-state index in [0.717, 1.165) is 5.69 Å². The first-order valence-corrected chi connectivity index (χ1v) is 8.03. The maximum Gasteiger partial charge on any atom is 0.345 e. The van der Waals surface area contributed by atoms with Crippen molar-refractivity contribution in [2.24, 2.45) is 0 Å². The topological polar surface area (TPSA) is 69.9 Å². The average Bonchev–Trinajstić information content (AvgIpc) is 3.17. The number of benzene rings is 3. The van der Waals surface area contributed by atoms with E-state index >= 15 is 0 Å². The largest absolute Gasteiger partial charge is 0.423 e. The van der Waals surface area contributed by atoms with E-state index in [1.165, 1.54) is 4.68 Å². The smallest absolute Gasteiger partial charge is 0.345 e. The second-order valence-corrected chi connectivity index (χ2v) is 5.53. The lowest BCUT2D eigenvalue weighted by molar-refractivity contribution is 0.103. The minimum absolute atomic E-state index is 0.0359. The van der Waals surface area contributed by atoms with Gasteiger partial charge in [0.25, 0.3) is 0 Å². The third-order valence-electron chi connectivity index (χ3n) is 3.80. The Morgan fingerprint density at radius 2 is 1.38 bits per heavy atom. The van der Waals surface area contributed by atoms with E-state index in [9.17, 15) is 4.79 Å². The molecule has 0 aliphatic heterocycles. The normalized spacial score (nSPS) is 10.5. The summed E-state index contributed by atoms with van der Waals surface area (Å²) in [5.41, 5.74) is 2.03. The monoisotopic (exact) mass is 342 g/mol. The zero-order valence-electron chi connectivity index (χ0n) is 13.7. The Kier molecular flexibility index (Phi) is 4.22. The number of ether oxygens (including phenoxy) is 1. The van der Waals surface area contributed by atoms with Crippen LogP contribution >= 0.6 is 0 Å². The Bertz CT molecular complexity index is 1010. The van der Waals surface area contributed by atoms with Gasteiger partial charge in [-0.2, -0.15) is 4.68 Å². The second-order valence-electron chi connectivity index (χ2n) is 5.53. The van der Waals surface area contributed by atoms with Gasteiger partial charge in [-0.3, -0.25) is 4.79 Å². The maximum absolute atomic E-state index is 12.4. The van der Waals surface area contributed by atoms with Gasteiger partial charge in [-0.15, -0.1) is 0 Å². The van der Waals surface area contributed by atoms with Gasteiger partial charge in [0.15, 0.2) is 5.78 Å². The molecule has 0 N–H and O–H groups in total. The van der Waals surface area contributed by atoms with Gasteiger partial charge in [-0.05, 0) is 46.8 Å². The van der Waals surface area contributed by atoms with Crippen LogP contribution < -0.4 is 4.74 Å². The highest BCUT2D eigenvalue weighted by molar-refractivity contribution is 6.08. The van der Waals surface area contributed by atoms with Crippen LogP contribution in [0.25, 0.3) is 5.69 Å². The minimum atomic E-state index is -0.0359. The number of hydrogen-bond donors (Lipinski definition) is 0. The van der Waals surface area contributed by atoms with Crippen LogP contribution in [0.3, 0.4) is 0 Å². The molecule has 0 spiro atoms. The van der Waals surface area contributed by atoms with Gasteiger partial charge in [0.05, 0.1) is 5.69 Å². The van der Waals surface area contributed by atoms with Gasteiger partial charge in [-0.1, -0.05) is 53.6 Å². The van der Waals surface area contributed by atoms with E-state index in [0.29, 0.717) is 16.9 Å². The van der Waals surface area contributed by atoms with Crippen molar-refractivity contribution < 1.29 is 9.53 Å². The third kappa shape index (κ3) is 3.21. The molecule has 6 nitrogen and oxygen atoms in total. The Morgan fingerprint density at radius 3 is 2.08 bits per heavy atom. The van der Waals surface area contributed by atoms with Crippen LogP contribution in [0.2, 0.25) is 0 Å². The third-order valence-corrected chi connectivity index (χ3v) is 3.80. The van der Waals surface area contributed by atoms with Crippen molar-refractivity contribution in [3.8, 4) is 17.4 Å². The van der Waals surface area contributed by atoms with Crippen molar-refractivity contribution in [1.29, 1.82) is 0 Å². The zero-order valence-corrected chi connectivity index (χ0v) is 13.7. The van der Waals surface area contributed by atoms with Crippen molar-refractivity contribution in [2.75, 3.05) is 0 Å². The maximum atomic E-state index is 12.4. The molecule has 0 saturated heterocycles. The standard InChI is InChI=1S/C20H14N4O2/c25-19(15-7-3-1-4-8-15)16-11-13-18(14-12-16)26-20-21-22-23-24(20)17-9-5-2-6-10-17/h1-14H. The molecule has 0 bridgehead atoms. The molecule has 4 aromatic rings. The van der Waals surface area contributed by atoms with Crippen LogP contribution in [0.4, 0.5) is 0 Å². The Hall–Kier alpha value is -3.80. The molecule has 0 aliphatic carbocycles. The molecule has 6 heteroatoms. The molecule has 0 amide bonds. The van der Waals surface area contributed by atoms with Crippen molar-refractivity contribution in [1.82, 2.24) is 20.2 Å². The summed E-state index contributed by atoms with van der Waals surface area (Å²) in [7, 11) is 0. The summed E-state index contributed by atoms with van der Waals surface area (Å²) in [5, 5.41) is 11.5. The van der Waals surface area contributed by atoms with Crippen LogP contribution in [0.5, 0.6) is 11.8 Å². The lowest BCUT2D eigenvalue weighted by atomic mass is 10.0. The van der Waals surface area contributed by atoms with Crippen molar-refractivity contribution in [3.63, 3.8) is 0 Å². The number of carbonyl (C=O) groups excluding carboxylic acids is 1. The molecule has 0 aliphatic rings. The molecule has 0 radical (unpaired) electrons. The van der Waals surface area contributed by atoms with Crippen molar-refractivity contribution in [3.05, 3.63) is 96.1 Å². The fourth-order valence-electron chi connectivity index (χ4n) is 2.51. The molecule has 3 aromatic carbocycles. The summed E-state index contributed by atoms with van der Waals surface area (Å²) in [5.74, 6) is 0.507. The highest BCUT2D eigenvalue weighted by Gasteiger charge is 2.12. The number of carbonyl (C=O) groups is 1. The number of para-hydroxylation sites is 1. The van der Waals surface area contributed by atoms with Gasteiger partial charge in [0.1, 0.15) is 5.75 Å². The molecule has 126 valence electrons. The van der Waals surface area contributed by atoms with E-state index in [1.807, 2.05) is 48.5 Å². The van der Waals surface area contributed by atoms with Crippen LogP contribution in [-0.4, -0.2) is 26.0 Å². The molecule has 0 unspecified atom stereocenters. The minimum Gasteiger partial charge on any atom is -0.423 e. The van der Waals surface area contributed by atoms with E-state index in [-0.39, 0.29) is 11.8 Å². The molecule has 26 heavy (non-hydrogen) atoms. The summed E-state index contributed by atoms with van der Waals surface area (Å²) in [4.78, 5) is 12.4. The lowest BCUT2D eigenvalue weighted by Gasteiger charge is -2.07. The Morgan fingerprint density at radius 1 is 0.769 bits per heavy atom. The first-order valence-electron chi connectivity index (χ1n) is 8.03. The summed E-state index contributed by atoms with van der Waals surface area (Å²) in [6, 6.07) is 25.7. The van der Waals surface area contributed by atoms with E-state index in [1.54, 1.807) is 36.4 Å². The molecule has 0 atom stereocenters. The first-order chi connectivity index (χ1) is 12.8. The van der Waals surface area contributed by atoms with E-state index in [2.05, 4.69) is 15.5 Å². The van der Waals surface area contributed by atoms with E-state index < -0.39 is 0 Å². The Labute approximate surface area is 149 Å². The number of ketones is 1. The quantitative estimate of drug-likeness (QED) is 0.517. The molecule has 1 aromatic heterocycles. The number of rotatable bonds is 5. The fraction of sp³-hybridized carbons (Fsp3) is 0. The number of tetrazole rings is 1. The van der Waals surface area contributed by atoms with Crippen LogP contribution in [0.1, 0.15) is 15.9 Å². The molecular weight excluding hydrogens is 328 g/mol. The highest BCUT2D eigenvalue weighted by Crippen LogP contribution is 2.22. The van der Waals surface area contributed by atoms with Crippen LogP contribution in [0.15, 0.2) is 84.9 Å². The fourth-order valence-corrected chi connectivity index (χ4v) is 2.51. The SMILES string of the molecule is O=C(c1ccccc1)c1ccc(Oc2nnnn2-c2ccccc2)cc1. The molecule has 0 saturated carbocycles.